The smallest absolute Gasteiger partial charge is 0.328 e. The molecule has 0 saturated carbocycles. The molecule has 0 spiro atoms. The number of methoxy groups -OCH3 is 1. The Bertz CT molecular complexity index is 503. The van der Waals surface area contributed by atoms with Gasteiger partial charge in [-0.05, 0) is 5.56 Å². The van der Waals surface area contributed by atoms with Crippen molar-refractivity contribution >= 4 is 17.8 Å². The summed E-state index contributed by atoms with van der Waals surface area (Å²) >= 11 is 0. The lowest BCUT2D eigenvalue weighted by molar-refractivity contribution is -0.403. The number of carbonyl (C=O) groups excluding carboxylic acids is 2. The SMILES string of the molecule is COC(=O)C(Cc1ccccc1)NC(=O)C([NH3+])CC(=O)O. The molecule has 0 radical (unpaired) electrons. The van der Waals surface area contributed by atoms with Crippen LogP contribution in [0.3, 0.4) is 0 Å². The predicted octanol–water partition coefficient (Wildman–Crippen LogP) is -1.03. The van der Waals surface area contributed by atoms with E-state index in [4.69, 9.17) is 5.11 Å². The molecule has 1 rings (SSSR count). The Kier molecular flexibility index (Phi) is 6.35. The molecule has 1 aromatic rings. The molecule has 21 heavy (non-hydrogen) atoms. The summed E-state index contributed by atoms with van der Waals surface area (Å²) < 4.78 is 4.66. The summed E-state index contributed by atoms with van der Waals surface area (Å²) in [7, 11) is 1.23. The maximum atomic E-state index is 11.9. The minimum absolute atomic E-state index is 0.263. The fourth-order valence-electron chi connectivity index (χ4n) is 1.78. The van der Waals surface area contributed by atoms with Gasteiger partial charge in [0.1, 0.15) is 12.5 Å². The van der Waals surface area contributed by atoms with Crippen LogP contribution in [0.4, 0.5) is 0 Å². The quantitative estimate of drug-likeness (QED) is 0.556. The number of aliphatic carboxylic acids is 1. The van der Waals surface area contributed by atoms with Crippen molar-refractivity contribution in [3.63, 3.8) is 0 Å². The van der Waals surface area contributed by atoms with Gasteiger partial charge in [-0.25, -0.2) is 4.79 Å². The van der Waals surface area contributed by atoms with Gasteiger partial charge in [0.05, 0.1) is 7.11 Å². The van der Waals surface area contributed by atoms with Crippen molar-refractivity contribution < 1.29 is 30.0 Å². The first-order valence-corrected chi connectivity index (χ1v) is 6.41. The first kappa shape index (κ1) is 16.6. The molecule has 0 saturated heterocycles. The number of esters is 1. The van der Waals surface area contributed by atoms with E-state index in [0.717, 1.165) is 5.56 Å². The lowest BCUT2D eigenvalue weighted by Gasteiger charge is -2.17. The molecule has 0 aliphatic rings. The minimum Gasteiger partial charge on any atom is -0.481 e. The Morgan fingerprint density at radius 2 is 1.90 bits per heavy atom. The van der Waals surface area contributed by atoms with Crippen LogP contribution in [0.1, 0.15) is 12.0 Å². The van der Waals surface area contributed by atoms with Crippen molar-refractivity contribution in [2.75, 3.05) is 7.11 Å². The Labute approximate surface area is 122 Å². The molecular weight excluding hydrogens is 276 g/mol. The monoisotopic (exact) mass is 295 g/mol. The van der Waals surface area contributed by atoms with E-state index in [-0.39, 0.29) is 6.42 Å². The second-order valence-electron chi connectivity index (χ2n) is 4.57. The highest BCUT2D eigenvalue weighted by molar-refractivity contribution is 5.89. The van der Waals surface area contributed by atoms with Crippen LogP contribution in [0.5, 0.6) is 0 Å². The van der Waals surface area contributed by atoms with Gasteiger partial charge < -0.3 is 20.9 Å². The number of carboxylic acid groups (broad SMARTS) is 1. The van der Waals surface area contributed by atoms with Gasteiger partial charge in [0.25, 0.3) is 5.91 Å². The highest BCUT2D eigenvalue weighted by atomic mass is 16.5. The number of carboxylic acids is 1. The maximum Gasteiger partial charge on any atom is 0.328 e. The van der Waals surface area contributed by atoms with E-state index in [1.54, 1.807) is 0 Å². The van der Waals surface area contributed by atoms with Crippen molar-refractivity contribution in [1.82, 2.24) is 5.32 Å². The second-order valence-corrected chi connectivity index (χ2v) is 4.57. The number of ether oxygens (including phenoxy) is 1. The van der Waals surface area contributed by atoms with Gasteiger partial charge in [0.2, 0.25) is 0 Å². The zero-order valence-corrected chi connectivity index (χ0v) is 11.7. The van der Waals surface area contributed by atoms with Crippen LogP contribution < -0.4 is 11.1 Å². The van der Waals surface area contributed by atoms with Gasteiger partial charge in [0.15, 0.2) is 6.04 Å². The van der Waals surface area contributed by atoms with E-state index in [0.29, 0.717) is 0 Å². The molecule has 5 N–H and O–H groups in total. The molecule has 2 unspecified atom stereocenters. The van der Waals surface area contributed by atoms with Gasteiger partial charge in [-0.3, -0.25) is 9.59 Å². The zero-order chi connectivity index (χ0) is 15.8. The number of hydrogen-bond acceptors (Lipinski definition) is 4. The van der Waals surface area contributed by atoms with Crippen LogP contribution in [0.15, 0.2) is 30.3 Å². The van der Waals surface area contributed by atoms with Crippen LogP contribution in [-0.2, 0) is 25.5 Å². The van der Waals surface area contributed by atoms with Crippen molar-refractivity contribution in [2.24, 2.45) is 0 Å². The minimum atomic E-state index is -1.12. The third-order valence-corrected chi connectivity index (χ3v) is 2.88. The normalized spacial score (nSPS) is 13.0. The Morgan fingerprint density at radius 1 is 1.29 bits per heavy atom. The van der Waals surface area contributed by atoms with Gasteiger partial charge in [-0.2, -0.15) is 0 Å². The molecule has 7 heteroatoms. The third kappa shape index (κ3) is 5.62. The fourth-order valence-corrected chi connectivity index (χ4v) is 1.78. The summed E-state index contributed by atoms with van der Waals surface area (Å²) in [5.41, 5.74) is 4.33. The number of hydrogen-bond donors (Lipinski definition) is 3. The van der Waals surface area contributed by atoms with Gasteiger partial charge >= 0.3 is 11.9 Å². The highest BCUT2D eigenvalue weighted by Gasteiger charge is 2.27. The Hall–Kier alpha value is -2.41. The molecule has 0 aliphatic carbocycles. The van der Waals surface area contributed by atoms with Crippen molar-refractivity contribution in [1.29, 1.82) is 0 Å². The molecule has 0 fully saturated rings. The topological polar surface area (TPSA) is 120 Å². The predicted molar refractivity (Wildman–Crippen MR) is 73.0 cm³/mol. The summed E-state index contributed by atoms with van der Waals surface area (Å²) in [6.45, 7) is 0. The summed E-state index contributed by atoms with van der Waals surface area (Å²) in [4.78, 5) is 34.1. The molecule has 1 amide bonds. The van der Waals surface area contributed by atoms with Gasteiger partial charge in [-0.1, -0.05) is 30.3 Å². The van der Waals surface area contributed by atoms with E-state index in [1.807, 2.05) is 30.3 Å². The largest absolute Gasteiger partial charge is 0.481 e. The van der Waals surface area contributed by atoms with Crippen LogP contribution >= 0.6 is 0 Å². The lowest BCUT2D eigenvalue weighted by atomic mass is 10.1. The molecule has 0 heterocycles. The molecule has 7 nitrogen and oxygen atoms in total. The molecule has 0 aromatic heterocycles. The second kappa shape index (κ2) is 8.01. The van der Waals surface area contributed by atoms with Crippen LogP contribution in [-0.4, -0.2) is 42.1 Å². The summed E-state index contributed by atoms with van der Waals surface area (Å²) in [6, 6.07) is 7.28. The first-order chi connectivity index (χ1) is 9.93. The standard InChI is InChI=1S/C14H18N2O5/c1-21-14(20)11(7-9-5-3-2-4-6-9)16-13(19)10(15)8-12(17)18/h2-6,10-11H,7-8,15H2,1H3,(H,16,19)(H,17,18)/p+1. The molecule has 2 atom stereocenters. The van der Waals surface area contributed by atoms with E-state index in [2.05, 4.69) is 15.8 Å². The summed E-state index contributed by atoms with van der Waals surface area (Å²) in [5.74, 6) is -2.30. The molecule has 1 aromatic carbocycles. The summed E-state index contributed by atoms with van der Waals surface area (Å²) in [5, 5.41) is 11.1. The summed E-state index contributed by atoms with van der Waals surface area (Å²) in [6.07, 6.45) is -0.135. The Morgan fingerprint density at radius 3 is 2.43 bits per heavy atom. The fraction of sp³-hybridized carbons (Fsp3) is 0.357. The number of benzene rings is 1. The van der Waals surface area contributed by atoms with E-state index >= 15 is 0 Å². The Balaban J connectivity index is 2.72. The van der Waals surface area contributed by atoms with E-state index in [1.165, 1.54) is 7.11 Å². The number of amides is 1. The molecule has 0 aliphatic heterocycles. The number of carbonyl (C=O) groups is 3. The highest BCUT2D eigenvalue weighted by Crippen LogP contribution is 2.05. The van der Waals surface area contributed by atoms with Crippen molar-refractivity contribution in [3.8, 4) is 0 Å². The van der Waals surface area contributed by atoms with E-state index < -0.39 is 36.4 Å². The van der Waals surface area contributed by atoms with Crippen LogP contribution in [0.25, 0.3) is 0 Å². The first-order valence-electron chi connectivity index (χ1n) is 6.41. The number of quaternary nitrogens is 1. The van der Waals surface area contributed by atoms with Gasteiger partial charge in [0, 0.05) is 6.42 Å². The molecule has 0 bridgehead atoms. The van der Waals surface area contributed by atoms with Crippen molar-refractivity contribution in [3.05, 3.63) is 35.9 Å². The van der Waals surface area contributed by atoms with Crippen molar-refractivity contribution in [2.45, 2.75) is 24.9 Å². The third-order valence-electron chi connectivity index (χ3n) is 2.88. The number of nitrogens with one attached hydrogen (secondary N) is 1. The van der Waals surface area contributed by atoms with Gasteiger partial charge in [-0.15, -0.1) is 0 Å². The van der Waals surface area contributed by atoms with E-state index in [9.17, 15) is 14.4 Å². The zero-order valence-electron chi connectivity index (χ0n) is 11.7. The average molecular weight is 295 g/mol. The molecular formula is C14H19N2O5+. The average Bonchev–Trinajstić information content (AvgIpc) is 2.46. The molecule has 114 valence electrons. The van der Waals surface area contributed by atoms with Crippen LogP contribution in [0, 0.1) is 0 Å². The number of rotatable bonds is 7. The lowest BCUT2D eigenvalue weighted by Crippen LogP contribution is -2.69. The van der Waals surface area contributed by atoms with Crippen LogP contribution in [0.2, 0.25) is 0 Å². The maximum absolute atomic E-state index is 11.9.